The lowest BCUT2D eigenvalue weighted by atomic mass is 10.0. The molecule has 1 aromatic heterocycles. The molecule has 1 heterocycles. The number of fused-ring (bicyclic) bond motifs is 1. The minimum atomic E-state index is -1.14. The van der Waals surface area contributed by atoms with E-state index in [0.29, 0.717) is 28.1 Å². The highest BCUT2D eigenvalue weighted by molar-refractivity contribution is 6.04. The number of benzene rings is 3. The predicted octanol–water partition coefficient (Wildman–Crippen LogP) is 4.82. The summed E-state index contributed by atoms with van der Waals surface area (Å²) in [4.78, 5) is 38.5. The molecule has 0 saturated heterocycles. The number of anilines is 1. The van der Waals surface area contributed by atoms with E-state index in [9.17, 15) is 14.4 Å². The van der Waals surface area contributed by atoms with Crippen LogP contribution in [0.1, 0.15) is 28.4 Å². The number of nitriles is 1. The second-order valence-electron chi connectivity index (χ2n) is 7.66. The van der Waals surface area contributed by atoms with E-state index in [1.54, 1.807) is 37.3 Å². The van der Waals surface area contributed by atoms with Gasteiger partial charge >= 0.3 is 5.97 Å². The number of nitrogens with zero attached hydrogens (tertiary/aromatic N) is 1. The van der Waals surface area contributed by atoms with E-state index in [2.05, 4.69) is 5.32 Å². The number of hydrogen-bond acceptors (Lipinski definition) is 6. The van der Waals surface area contributed by atoms with Crippen LogP contribution in [0.25, 0.3) is 22.3 Å². The van der Waals surface area contributed by atoms with Crippen LogP contribution >= 0.6 is 0 Å². The average molecular weight is 452 g/mol. The molecule has 0 radical (unpaired) electrons. The first-order valence-electron chi connectivity index (χ1n) is 10.5. The number of hydrogen-bond donors (Lipinski definition) is 1. The highest BCUT2D eigenvalue weighted by Crippen LogP contribution is 2.27. The lowest BCUT2D eigenvalue weighted by Crippen LogP contribution is -2.30. The van der Waals surface area contributed by atoms with Gasteiger partial charge in [-0.05, 0) is 44.2 Å². The van der Waals surface area contributed by atoms with Crippen LogP contribution in [0.5, 0.6) is 0 Å². The second kappa shape index (κ2) is 9.43. The molecule has 0 aliphatic rings. The maximum Gasteiger partial charge on any atom is 0.342 e. The molecule has 1 N–H and O–H groups in total. The van der Waals surface area contributed by atoms with Crippen molar-refractivity contribution in [3.05, 3.63) is 99.7 Å². The molecule has 7 nitrogen and oxygen atoms in total. The molecule has 0 unspecified atom stereocenters. The van der Waals surface area contributed by atoms with Crippen molar-refractivity contribution >= 4 is 28.5 Å². The first-order chi connectivity index (χ1) is 16.4. The Morgan fingerprint density at radius 1 is 1.03 bits per heavy atom. The lowest BCUT2D eigenvalue weighted by Gasteiger charge is -2.15. The first kappa shape index (κ1) is 22.5. The minimum absolute atomic E-state index is 0.0397. The lowest BCUT2D eigenvalue weighted by molar-refractivity contribution is -0.123. The highest BCUT2D eigenvalue weighted by Gasteiger charge is 2.23. The third-order valence-corrected chi connectivity index (χ3v) is 5.31. The number of rotatable bonds is 5. The second-order valence-corrected chi connectivity index (χ2v) is 7.66. The Balaban J connectivity index is 1.63. The van der Waals surface area contributed by atoms with Crippen LogP contribution in [0.2, 0.25) is 0 Å². The van der Waals surface area contributed by atoms with Gasteiger partial charge in [-0.2, -0.15) is 5.26 Å². The van der Waals surface area contributed by atoms with E-state index < -0.39 is 18.0 Å². The Morgan fingerprint density at radius 3 is 2.50 bits per heavy atom. The van der Waals surface area contributed by atoms with Gasteiger partial charge in [-0.1, -0.05) is 42.5 Å². The summed E-state index contributed by atoms with van der Waals surface area (Å²) in [6.45, 7) is 3.11. The van der Waals surface area contributed by atoms with Gasteiger partial charge in [0.25, 0.3) is 5.91 Å². The van der Waals surface area contributed by atoms with E-state index in [0.717, 1.165) is 0 Å². The van der Waals surface area contributed by atoms with Crippen molar-refractivity contribution in [3.8, 4) is 17.4 Å². The van der Waals surface area contributed by atoms with Gasteiger partial charge in [0.2, 0.25) is 0 Å². The van der Waals surface area contributed by atoms with Crippen LogP contribution in [0.15, 0.2) is 82.0 Å². The van der Waals surface area contributed by atoms with Gasteiger partial charge in [-0.3, -0.25) is 9.59 Å². The van der Waals surface area contributed by atoms with Gasteiger partial charge in [-0.15, -0.1) is 0 Å². The molecule has 0 aliphatic carbocycles. The topological polar surface area (TPSA) is 109 Å². The number of nitrogens with one attached hydrogen (secondary N) is 1. The average Bonchev–Trinajstić information content (AvgIpc) is 2.86. The molecule has 3 aromatic carbocycles. The number of para-hydroxylation sites is 1. The fourth-order valence-corrected chi connectivity index (χ4v) is 3.52. The summed E-state index contributed by atoms with van der Waals surface area (Å²) >= 11 is 0. The van der Waals surface area contributed by atoms with Crippen LogP contribution in [-0.4, -0.2) is 18.0 Å². The molecule has 0 spiro atoms. The number of carbonyl (C=O) groups excluding carboxylic acids is 2. The third-order valence-electron chi connectivity index (χ3n) is 5.31. The molecule has 4 aromatic rings. The van der Waals surface area contributed by atoms with E-state index in [1.807, 2.05) is 36.4 Å². The molecular formula is C27H20N2O5. The Bertz CT molecular complexity index is 1500. The zero-order valence-corrected chi connectivity index (χ0v) is 18.5. The number of esters is 1. The van der Waals surface area contributed by atoms with Gasteiger partial charge in [0, 0.05) is 16.8 Å². The smallest absolute Gasteiger partial charge is 0.342 e. The molecule has 4 rings (SSSR count). The normalized spacial score (nSPS) is 11.4. The van der Waals surface area contributed by atoms with Gasteiger partial charge in [0.05, 0.1) is 17.0 Å². The fraction of sp³-hybridized carbons (Fsp3) is 0.111. The SMILES string of the molecule is Cc1c(-c2ccccc2)oc2c(C(=O)O[C@H](C)C(=O)Nc3cccc(C#N)c3)cccc2c1=O. The molecule has 0 bridgehead atoms. The van der Waals surface area contributed by atoms with Crippen LogP contribution in [0, 0.1) is 18.3 Å². The summed E-state index contributed by atoms with van der Waals surface area (Å²) in [5, 5.41) is 11.9. The van der Waals surface area contributed by atoms with Crippen LogP contribution in [0.4, 0.5) is 5.69 Å². The van der Waals surface area contributed by atoms with Crippen LogP contribution in [-0.2, 0) is 9.53 Å². The highest BCUT2D eigenvalue weighted by atomic mass is 16.5. The molecular weight excluding hydrogens is 432 g/mol. The predicted molar refractivity (Wildman–Crippen MR) is 127 cm³/mol. The molecule has 7 heteroatoms. The van der Waals surface area contributed by atoms with Crippen molar-refractivity contribution in [3.63, 3.8) is 0 Å². The molecule has 1 amide bonds. The summed E-state index contributed by atoms with van der Waals surface area (Å²) in [5.74, 6) is -1.00. The van der Waals surface area contributed by atoms with Crippen molar-refractivity contribution in [1.82, 2.24) is 0 Å². The minimum Gasteiger partial charge on any atom is -0.455 e. The summed E-state index contributed by atoms with van der Waals surface area (Å²) in [6, 6.07) is 22.1. The van der Waals surface area contributed by atoms with Gasteiger partial charge in [0.15, 0.2) is 17.1 Å². The van der Waals surface area contributed by atoms with E-state index in [4.69, 9.17) is 14.4 Å². The quantitative estimate of drug-likeness (QED) is 0.435. The Morgan fingerprint density at radius 2 is 1.76 bits per heavy atom. The number of ether oxygens (including phenoxy) is 1. The van der Waals surface area contributed by atoms with E-state index in [1.165, 1.54) is 19.1 Å². The Labute approximate surface area is 195 Å². The third kappa shape index (κ3) is 4.43. The number of carbonyl (C=O) groups is 2. The fourth-order valence-electron chi connectivity index (χ4n) is 3.52. The van der Waals surface area contributed by atoms with E-state index >= 15 is 0 Å². The first-order valence-corrected chi connectivity index (χ1v) is 10.5. The zero-order valence-electron chi connectivity index (χ0n) is 18.5. The summed E-state index contributed by atoms with van der Waals surface area (Å²) in [6.07, 6.45) is -1.14. The van der Waals surface area contributed by atoms with Crippen molar-refractivity contribution in [2.75, 3.05) is 5.32 Å². The summed E-state index contributed by atoms with van der Waals surface area (Å²) < 4.78 is 11.4. The Hall–Kier alpha value is -4.70. The summed E-state index contributed by atoms with van der Waals surface area (Å²) in [5.41, 5.74) is 1.81. The zero-order chi connectivity index (χ0) is 24.2. The molecule has 34 heavy (non-hydrogen) atoms. The molecule has 1 atom stereocenters. The largest absolute Gasteiger partial charge is 0.455 e. The van der Waals surface area contributed by atoms with Crippen molar-refractivity contribution in [1.29, 1.82) is 5.26 Å². The van der Waals surface area contributed by atoms with Gasteiger partial charge in [-0.25, -0.2) is 4.79 Å². The monoisotopic (exact) mass is 452 g/mol. The van der Waals surface area contributed by atoms with Gasteiger partial charge in [0.1, 0.15) is 11.3 Å². The maximum absolute atomic E-state index is 13.0. The Kier molecular flexibility index (Phi) is 6.24. The molecule has 0 saturated carbocycles. The summed E-state index contributed by atoms with van der Waals surface area (Å²) in [7, 11) is 0. The molecule has 0 aliphatic heterocycles. The molecule has 168 valence electrons. The maximum atomic E-state index is 13.0. The van der Waals surface area contributed by atoms with Crippen molar-refractivity contribution in [2.45, 2.75) is 20.0 Å². The van der Waals surface area contributed by atoms with Crippen LogP contribution in [0.3, 0.4) is 0 Å². The number of amides is 1. The van der Waals surface area contributed by atoms with Gasteiger partial charge < -0.3 is 14.5 Å². The standard InChI is InChI=1S/C27H20N2O5/c1-16-23(30)21-12-7-13-22(25(21)34-24(16)19-9-4-3-5-10-19)27(32)33-17(2)26(31)29-20-11-6-8-18(14-20)15-28/h3-14,17H,1-2H3,(H,29,31)/t17-/m1/s1. The van der Waals surface area contributed by atoms with Crippen molar-refractivity contribution in [2.24, 2.45) is 0 Å². The van der Waals surface area contributed by atoms with Crippen LogP contribution < -0.4 is 10.7 Å². The van der Waals surface area contributed by atoms with Crippen molar-refractivity contribution < 1.29 is 18.7 Å². The van der Waals surface area contributed by atoms with E-state index in [-0.39, 0.29) is 22.0 Å². The molecule has 0 fully saturated rings.